The number of fused-ring (bicyclic) bond motifs is 4. The molecule has 14 unspecified atom stereocenters. The lowest BCUT2D eigenvalue weighted by Gasteiger charge is -2.63. The van der Waals surface area contributed by atoms with Crippen molar-refractivity contribution in [3.05, 3.63) is 0 Å². The number of morpholine rings is 1. The molecular weight excluding hydrogens is 606 g/mol. The van der Waals surface area contributed by atoms with E-state index in [1.165, 1.54) is 12.8 Å². The Morgan fingerprint density at radius 3 is 2.40 bits per heavy atom. The highest BCUT2D eigenvalue weighted by Gasteiger charge is 2.84. The lowest BCUT2D eigenvalue weighted by Crippen LogP contribution is -2.60. The average Bonchev–Trinajstić information content (AvgIpc) is 3.65. The van der Waals surface area contributed by atoms with Crippen LogP contribution in [0.15, 0.2) is 0 Å². The fraction of sp³-hybridized carbons (Fsp3) is 0.975. The second kappa shape index (κ2) is 11.6. The summed E-state index contributed by atoms with van der Waals surface area (Å²) in [7, 11) is 0. The number of nitrogens with zero attached hydrogens (tertiary/aromatic N) is 1. The molecule has 7 fully saturated rings. The van der Waals surface area contributed by atoms with Crippen molar-refractivity contribution < 1.29 is 34.0 Å². The van der Waals surface area contributed by atoms with Gasteiger partial charge in [0.25, 0.3) is 0 Å². The minimum Gasteiger partial charge on any atom is -0.461 e. The zero-order chi connectivity index (χ0) is 34.8. The highest BCUT2D eigenvalue weighted by Crippen LogP contribution is 2.89. The number of carbonyl (C=O) groups excluding carboxylic acids is 1. The van der Waals surface area contributed by atoms with E-state index in [2.05, 4.69) is 53.4 Å². The van der Waals surface area contributed by atoms with E-state index in [1.54, 1.807) is 0 Å². The molecule has 2 N–H and O–H groups in total. The third kappa shape index (κ3) is 4.70. The highest BCUT2D eigenvalue weighted by molar-refractivity contribution is 5.76. The summed E-state index contributed by atoms with van der Waals surface area (Å²) in [5, 5.41) is 23.7. The monoisotopic (exact) mass is 673 g/mol. The summed E-state index contributed by atoms with van der Waals surface area (Å²) in [6, 6.07) is -0.0519. The largest absolute Gasteiger partial charge is 0.461 e. The standard InChI is InChI=1S/C40H67NO7/c1-11-46-33(36(7,8)44)26-20-24(4)30-31(47-26)32(42)38(10)28-13-12-27-35(5,6)29(48-34(43)25-21-45-19-18-41(25)23(2)3)14-15-39(27)22-40(28,39)17-16-37(30,38)9/h23-33,42,44H,11-22H2,1-10H3. The Morgan fingerprint density at radius 2 is 1.73 bits per heavy atom. The first-order chi connectivity index (χ1) is 22.4. The van der Waals surface area contributed by atoms with E-state index in [0.29, 0.717) is 37.6 Å². The van der Waals surface area contributed by atoms with Gasteiger partial charge in [-0.1, -0.05) is 34.6 Å². The van der Waals surface area contributed by atoms with Crippen molar-refractivity contribution in [2.45, 2.75) is 169 Å². The molecule has 0 amide bonds. The molecule has 0 bridgehead atoms. The predicted molar refractivity (Wildman–Crippen MR) is 184 cm³/mol. The van der Waals surface area contributed by atoms with Crippen molar-refractivity contribution in [3.8, 4) is 0 Å². The van der Waals surface area contributed by atoms with Crippen LogP contribution in [0.2, 0.25) is 0 Å². The number of aliphatic hydroxyl groups is 2. The molecule has 274 valence electrons. The fourth-order valence-corrected chi connectivity index (χ4v) is 14.3. The molecule has 8 nitrogen and oxygen atoms in total. The highest BCUT2D eigenvalue weighted by atomic mass is 16.6. The smallest absolute Gasteiger partial charge is 0.326 e. The first-order valence-electron chi connectivity index (χ1n) is 19.6. The van der Waals surface area contributed by atoms with Crippen molar-refractivity contribution >= 4 is 5.97 Å². The van der Waals surface area contributed by atoms with Crippen LogP contribution in [-0.4, -0.2) is 95.7 Å². The van der Waals surface area contributed by atoms with Gasteiger partial charge in [-0.3, -0.25) is 9.69 Å². The lowest BCUT2D eigenvalue weighted by atomic mass is 9.41. The maximum atomic E-state index is 13.7. The topological polar surface area (TPSA) is 97.7 Å². The summed E-state index contributed by atoms with van der Waals surface area (Å²) in [4.78, 5) is 15.9. The molecule has 5 aliphatic carbocycles. The number of rotatable bonds is 7. The first-order valence-corrected chi connectivity index (χ1v) is 19.6. The molecule has 8 heteroatoms. The van der Waals surface area contributed by atoms with Gasteiger partial charge in [0.15, 0.2) is 0 Å². The van der Waals surface area contributed by atoms with E-state index in [-0.39, 0.29) is 69.4 Å². The Balaban J connectivity index is 1.13. The van der Waals surface area contributed by atoms with Crippen molar-refractivity contribution in [2.24, 2.45) is 50.7 Å². The lowest BCUT2D eigenvalue weighted by molar-refractivity contribution is -0.215. The predicted octanol–water partition coefficient (Wildman–Crippen LogP) is 6.00. The Kier molecular flexibility index (Phi) is 8.62. The summed E-state index contributed by atoms with van der Waals surface area (Å²) >= 11 is 0. The number of esters is 1. The van der Waals surface area contributed by atoms with Gasteiger partial charge in [0.05, 0.1) is 37.1 Å². The van der Waals surface area contributed by atoms with Crippen LogP contribution < -0.4 is 0 Å². The molecule has 7 aliphatic rings. The van der Waals surface area contributed by atoms with Crippen LogP contribution in [0.5, 0.6) is 0 Å². The molecule has 2 spiro atoms. The minimum absolute atomic E-state index is 0.0174. The molecule has 7 rings (SSSR count). The molecule has 0 aromatic rings. The van der Waals surface area contributed by atoms with Crippen LogP contribution in [0.4, 0.5) is 0 Å². The van der Waals surface area contributed by atoms with Gasteiger partial charge in [0, 0.05) is 30.0 Å². The number of hydrogen-bond donors (Lipinski definition) is 2. The van der Waals surface area contributed by atoms with Gasteiger partial charge in [-0.15, -0.1) is 0 Å². The first kappa shape index (κ1) is 35.6. The average molecular weight is 674 g/mol. The van der Waals surface area contributed by atoms with Crippen LogP contribution in [0.3, 0.4) is 0 Å². The fourth-order valence-electron chi connectivity index (χ4n) is 14.3. The van der Waals surface area contributed by atoms with Crippen molar-refractivity contribution in [2.75, 3.05) is 26.4 Å². The van der Waals surface area contributed by atoms with Crippen LogP contribution in [0, 0.1) is 50.7 Å². The van der Waals surface area contributed by atoms with E-state index < -0.39 is 17.8 Å². The number of ether oxygens (including phenoxy) is 4. The zero-order valence-electron chi connectivity index (χ0n) is 31.7. The Hall–Kier alpha value is -0.770. The molecule has 2 aliphatic heterocycles. The summed E-state index contributed by atoms with van der Waals surface area (Å²) in [5.74, 6) is 1.48. The summed E-state index contributed by atoms with van der Waals surface area (Å²) in [5.41, 5.74) is -0.910. The molecule has 2 saturated heterocycles. The molecule has 2 heterocycles. The van der Waals surface area contributed by atoms with Crippen LogP contribution in [-0.2, 0) is 23.7 Å². The van der Waals surface area contributed by atoms with E-state index in [4.69, 9.17) is 18.9 Å². The molecular formula is C40H67NO7. The van der Waals surface area contributed by atoms with Crippen LogP contribution >= 0.6 is 0 Å². The van der Waals surface area contributed by atoms with Crippen molar-refractivity contribution in [3.63, 3.8) is 0 Å². The Bertz CT molecular complexity index is 1250. The van der Waals surface area contributed by atoms with Crippen LogP contribution in [0.25, 0.3) is 0 Å². The van der Waals surface area contributed by atoms with E-state index >= 15 is 0 Å². The molecule has 0 aromatic carbocycles. The third-order valence-electron chi connectivity index (χ3n) is 16.5. The minimum atomic E-state index is -1.03. The number of aliphatic hydroxyl groups excluding tert-OH is 1. The van der Waals surface area contributed by atoms with Gasteiger partial charge < -0.3 is 29.2 Å². The van der Waals surface area contributed by atoms with Gasteiger partial charge in [0.2, 0.25) is 0 Å². The van der Waals surface area contributed by atoms with Crippen LogP contribution in [0.1, 0.15) is 121 Å². The van der Waals surface area contributed by atoms with E-state index in [9.17, 15) is 15.0 Å². The maximum Gasteiger partial charge on any atom is 0.326 e. The molecule has 0 aromatic heterocycles. The summed E-state index contributed by atoms with van der Waals surface area (Å²) < 4.78 is 25.3. The van der Waals surface area contributed by atoms with Gasteiger partial charge >= 0.3 is 5.97 Å². The van der Waals surface area contributed by atoms with E-state index in [0.717, 1.165) is 45.1 Å². The van der Waals surface area contributed by atoms with Crippen molar-refractivity contribution in [1.82, 2.24) is 4.90 Å². The van der Waals surface area contributed by atoms with E-state index in [1.807, 2.05) is 20.8 Å². The van der Waals surface area contributed by atoms with Gasteiger partial charge in [-0.05, 0) is 126 Å². The molecule has 5 saturated carbocycles. The quantitative estimate of drug-likeness (QED) is 0.318. The summed E-state index contributed by atoms with van der Waals surface area (Å²) in [6.07, 6.45) is 7.12. The van der Waals surface area contributed by atoms with Gasteiger partial charge in [-0.2, -0.15) is 0 Å². The zero-order valence-corrected chi connectivity index (χ0v) is 31.7. The maximum absolute atomic E-state index is 13.7. The SMILES string of the molecule is CCOC(C1CC(C)C2C(O1)C(O)C1(C)C3CCC4C(C)(C)C(OC(=O)C5COCCN5C(C)C)CCC45CC35CCC21C)C(C)(C)O. The van der Waals surface area contributed by atoms with Gasteiger partial charge in [-0.25, -0.2) is 0 Å². The normalized spacial score (nSPS) is 50.4. The second-order valence-corrected chi connectivity index (χ2v) is 19.4. The Labute approximate surface area is 290 Å². The number of carbonyl (C=O) groups is 1. The van der Waals surface area contributed by atoms with Gasteiger partial charge in [0.1, 0.15) is 18.2 Å². The second-order valence-electron chi connectivity index (χ2n) is 19.4. The van der Waals surface area contributed by atoms with Crippen molar-refractivity contribution in [1.29, 1.82) is 0 Å². The number of hydrogen-bond acceptors (Lipinski definition) is 8. The molecule has 14 atom stereocenters. The summed E-state index contributed by atoms with van der Waals surface area (Å²) in [6.45, 7) is 24.3. The molecule has 48 heavy (non-hydrogen) atoms. The third-order valence-corrected chi connectivity index (χ3v) is 16.5. The Morgan fingerprint density at radius 1 is 1.04 bits per heavy atom. The molecule has 0 radical (unpaired) electrons.